The molecule has 4 nitrogen and oxygen atoms in total. The van der Waals surface area contributed by atoms with Crippen LogP contribution in [-0.4, -0.2) is 13.4 Å². The van der Waals surface area contributed by atoms with Crippen LogP contribution in [0.15, 0.2) is 46.8 Å². The molecule has 3 rings (SSSR count). The van der Waals surface area contributed by atoms with Crippen LogP contribution in [0.5, 0.6) is 0 Å². The lowest BCUT2D eigenvalue weighted by Crippen LogP contribution is -2.11. The van der Waals surface area contributed by atoms with E-state index in [4.69, 9.17) is 5.14 Å². The third-order valence-corrected chi connectivity index (χ3v) is 5.46. The van der Waals surface area contributed by atoms with Gasteiger partial charge in [-0.15, -0.1) is 11.3 Å². The Labute approximate surface area is 120 Å². The fourth-order valence-electron chi connectivity index (χ4n) is 2.16. The van der Waals surface area contributed by atoms with E-state index in [1.807, 2.05) is 49.4 Å². The average Bonchev–Trinajstić information content (AvgIpc) is 2.85. The first-order chi connectivity index (χ1) is 9.47. The van der Waals surface area contributed by atoms with E-state index in [1.54, 1.807) is 0 Å². The van der Waals surface area contributed by atoms with E-state index in [9.17, 15) is 8.42 Å². The van der Waals surface area contributed by atoms with Crippen LogP contribution in [0.2, 0.25) is 0 Å². The Hall–Kier alpha value is -1.76. The van der Waals surface area contributed by atoms with Crippen molar-refractivity contribution in [3.8, 4) is 11.1 Å². The van der Waals surface area contributed by atoms with E-state index in [0.717, 1.165) is 32.7 Å². The minimum atomic E-state index is -3.75. The van der Waals surface area contributed by atoms with E-state index in [0.29, 0.717) is 5.52 Å². The van der Waals surface area contributed by atoms with Crippen molar-refractivity contribution in [3.05, 3.63) is 48.0 Å². The van der Waals surface area contributed by atoms with Crippen LogP contribution < -0.4 is 5.14 Å². The SMILES string of the molecule is Cc1c(-c2ccccc2)ccc2sc(S(N)(=O)=O)nc12. The second-order valence-electron chi connectivity index (χ2n) is 4.48. The Kier molecular flexibility index (Phi) is 3.08. The summed E-state index contributed by atoms with van der Waals surface area (Å²) in [6, 6.07) is 13.8. The van der Waals surface area contributed by atoms with Gasteiger partial charge < -0.3 is 0 Å². The molecule has 20 heavy (non-hydrogen) atoms. The molecule has 0 radical (unpaired) electrons. The smallest absolute Gasteiger partial charge is 0.224 e. The minimum absolute atomic E-state index is 0.0409. The Balaban J connectivity index is 2.26. The zero-order chi connectivity index (χ0) is 14.3. The van der Waals surface area contributed by atoms with Crippen molar-refractivity contribution in [3.63, 3.8) is 0 Å². The number of rotatable bonds is 2. The summed E-state index contributed by atoms with van der Waals surface area (Å²) in [4.78, 5) is 4.18. The predicted octanol–water partition coefficient (Wildman–Crippen LogP) is 2.92. The number of aryl methyl sites for hydroxylation is 1. The molecule has 1 aromatic heterocycles. The molecule has 6 heteroatoms. The first kappa shape index (κ1) is 13.2. The van der Waals surface area contributed by atoms with Crippen LogP contribution in [0.4, 0.5) is 0 Å². The summed E-state index contributed by atoms with van der Waals surface area (Å²) in [5.41, 5.74) is 3.78. The topological polar surface area (TPSA) is 73.1 Å². The number of hydrogen-bond donors (Lipinski definition) is 1. The molecule has 1 heterocycles. The molecule has 0 amide bonds. The molecule has 0 saturated carbocycles. The standard InChI is InChI=1S/C14H12N2O2S2/c1-9-11(10-5-3-2-4-6-10)7-8-12-13(9)16-14(19-12)20(15,17)18/h2-8H,1H3,(H2,15,17,18). The minimum Gasteiger partial charge on any atom is -0.224 e. The highest BCUT2D eigenvalue weighted by molar-refractivity contribution is 7.91. The van der Waals surface area contributed by atoms with Gasteiger partial charge in [0.2, 0.25) is 4.34 Å². The van der Waals surface area contributed by atoms with Crippen LogP contribution in [0, 0.1) is 6.92 Å². The summed E-state index contributed by atoms with van der Waals surface area (Å²) in [7, 11) is -3.75. The monoisotopic (exact) mass is 304 g/mol. The van der Waals surface area contributed by atoms with Crippen LogP contribution in [0.1, 0.15) is 5.56 Å². The number of fused-ring (bicyclic) bond motifs is 1. The van der Waals surface area contributed by atoms with E-state index in [-0.39, 0.29) is 4.34 Å². The van der Waals surface area contributed by atoms with E-state index < -0.39 is 10.0 Å². The molecule has 0 bridgehead atoms. The third-order valence-electron chi connectivity index (χ3n) is 3.12. The summed E-state index contributed by atoms with van der Waals surface area (Å²) in [5, 5.41) is 5.14. The van der Waals surface area contributed by atoms with Gasteiger partial charge in [-0.25, -0.2) is 18.5 Å². The molecule has 0 saturated heterocycles. The lowest BCUT2D eigenvalue weighted by atomic mass is 10.00. The summed E-state index contributed by atoms with van der Waals surface area (Å²) >= 11 is 1.10. The Morgan fingerprint density at radius 1 is 1.10 bits per heavy atom. The molecular weight excluding hydrogens is 292 g/mol. The first-order valence-electron chi connectivity index (χ1n) is 5.95. The van der Waals surface area contributed by atoms with Gasteiger partial charge in [-0.05, 0) is 29.7 Å². The van der Waals surface area contributed by atoms with Gasteiger partial charge >= 0.3 is 0 Å². The highest BCUT2D eigenvalue weighted by Crippen LogP contribution is 2.33. The molecule has 2 aromatic carbocycles. The number of primary sulfonamides is 1. The van der Waals surface area contributed by atoms with Crippen molar-refractivity contribution in [1.82, 2.24) is 4.98 Å². The molecule has 0 fully saturated rings. The van der Waals surface area contributed by atoms with Gasteiger partial charge in [0.25, 0.3) is 10.0 Å². The summed E-state index contributed by atoms with van der Waals surface area (Å²) in [5.74, 6) is 0. The van der Waals surface area contributed by atoms with Gasteiger partial charge in [0.1, 0.15) is 0 Å². The van der Waals surface area contributed by atoms with Gasteiger partial charge in [-0.3, -0.25) is 0 Å². The Bertz CT molecular complexity index is 884. The number of nitrogens with two attached hydrogens (primary N) is 1. The van der Waals surface area contributed by atoms with E-state index in [1.165, 1.54) is 0 Å². The Morgan fingerprint density at radius 3 is 2.45 bits per heavy atom. The number of benzene rings is 2. The zero-order valence-electron chi connectivity index (χ0n) is 10.7. The lowest BCUT2D eigenvalue weighted by Gasteiger charge is -2.06. The van der Waals surface area contributed by atoms with Gasteiger partial charge in [0.05, 0.1) is 10.2 Å². The molecule has 3 aromatic rings. The molecule has 0 atom stereocenters. The van der Waals surface area contributed by atoms with Crippen LogP contribution >= 0.6 is 11.3 Å². The summed E-state index contributed by atoms with van der Waals surface area (Å²) in [6.07, 6.45) is 0. The summed E-state index contributed by atoms with van der Waals surface area (Å²) < 4.78 is 23.6. The van der Waals surface area contributed by atoms with E-state index in [2.05, 4.69) is 4.98 Å². The maximum Gasteiger partial charge on any atom is 0.265 e. The molecular formula is C14H12N2O2S2. The number of aromatic nitrogens is 1. The molecule has 0 aliphatic heterocycles. The van der Waals surface area contributed by atoms with Gasteiger partial charge in [0.15, 0.2) is 0 Å². The fraction of sp³-hybridized carbons (Fsp3) is 0.0714. The van der Waals surface area contributed by atoms with Crippen molar-refractivity contribution in [1.29, 1.82) is 0 Å². The second-order valence-corrected chi connectivity index (χ2v) is 7.24. The maximum absolute atomic E-state index is 11.4. The molecule has 102 valence electrons. The molecule has 0 spiro atoms. The van der Waals surface area contributed by atoms with Gasteiger partial charge in [0, 0.05) is 0 Å². The highest BCUT2D eigenvalue weighted by atomic mass is 32.2. The molecule has 0 aliphatic carbocycles. The molecule has 0 unspecified atom stereocenters. The normalized spacial score (nSPS) is 11.9. The van der Waals surface area contributed by atoms with Crippen molar-refractivity contribution in [2.24, 2.45) is 5.14 Å². The fourth-order valence-corrected chi connectivity index (χ4v) is 3.87. The third kappa shape index (κ3) is 2.22. The van der Waals surface area contributed by atoms with Crippen molar-refractivity contribution in [2.45, 2.75) is 11.3 Å². The van der Waals surface area contributed by atoms with E-state index >= 15 is 0 Å². The number of nitrogens with zero attached hydrogens (tertiary/aromatic N) is 1. The first-order valence-corrected chi connectivity index (χ1v) is 8.31. The number of sulfonamides is 1. The lowest BCUT2D eigenvalue weighted by molar-refractivity contribution is 0.597. The average molecular weight is 304 g/mol. The Morgan fingerprint density at radius 2 is 1.80 bits per heavy atom. The predicted molar refractivity (Wildman–Crippen MR) is 81.2 cm³/mol. The molecule has 0 aliphatic rings. The highest BCUT2D eigenvalue weighted by Gasteiger charge is 2.17. The maximum atomic E-state index is 11.4. The quantitative estimate of drug-likeness (QED) is 0.791. The van der Waals surface area contributed by atoms with Crippen LogP contribution in [0.3, 0.4) is 0 Å². The number of hydrogen-bond acceptors (Lipinski definition) is 4. The summed E-state index contributed by atoms with van der Waals surface area (Å²) in [6.45, 7) is 1.94. The second kappa shape index (κ2) is 4.66. The van der Waals surface area contributed by atoms with Crippen LogP contribution in [0.25, 0.3) is 21.3 Å². The van der Waals surface area contributed by atoms with Gasteiger partial charge in [-0.1, -0.05) is 36.4 Å². The van der Waals surface area contributed by atoms with Crippen LogP contribution in [-0.2, 0) is 10.0 Å². The van der Waals surface area contributed by atoms with Gasteiger partial charge in [-0.2, -0.15) is 0 Å². The number of thiazole rings is 1. The van der Waals surface area contributed by atoms with Crippen molar-refractivity contribution < 1.29 is 8.42 Å². The largest absolute Gasteiger partial charge is 0.265 e. The molecule has 2 N–H and O–H groups in total. The zero-order valence-corrected chi connectivity index (χ0v) is 12.3. The van der Waals surface area contributed by atoms with Crippen molar-refractivity contribution in [2.75, 3.05) is 0 Å². The van der Waals surface area contributed by atoms with Crippen molar-refractivity contribution >= 4 is 31.6 Å².